The maximum Gasteiger partial charge on any atom is 0.255 e. The lowest BCUT2D eigenvalue weighted by Crippen LogP contribution is -2.36. The summed E-state index contributed by atoms with van der Waals surface area (Å²) in [5, 5.41) is 0. The van der Waals surface area contributed by atoms with Gasteiger partial charge in [0.15, 0.2) is 0 Å². The molecular weight excluding hydrogens is 390 g/mol. The number of H-pyrrole nitrogens is 1. The van der Waals surface area contributed by atoms with Crippen molar-refractivity contribution < 1.29 is 0 Å². The van der Waals surface area contributed by atoms with Crippen LogP contribution in [0.4, 0.5) is 0 Å². The minimum atomic E-state index is 0.0806. The topological polar surface area (TPSA) is 49.0 Å². The van der Waals surface area contributed by atoms with E-state index in [1.54, 1.807) is 0 Å². The third-order valence-electron chi connectivity index (χ3n) is 6.61. The molecule has 0 bridgehead atoms. The van der Waals surface area contributed by atoms with E-state index in [2.05, 4.69) is 53.2 Å². The van der Waals surface area contributed by atoms with Crippen LogP contribution in [0, 0.1) is 6.92 Å². The first-order valence-electron chi connectivity index (χ1n) is 11.2. The summed E-state index contributed by atoms with van der Waals surface area (Å²) in [7, 11) is 0. The van der Waals surface area contributed by atoms with E-state index in [4.69, 9.17) is 4.98 Å². The Hall–Kier alpha value is -2.24. The quantitative estimate of drug-likeness (QED) is 0.615. The summed E-state index contributed by atoms with van der Waals surface area (Å²) in [5.41, 5.74) is 4.61. The lowest BCUT2D eigenvalue weighted by molar-refractivity contribution is 0.243. The molecule has 1 saturated carbocycles. The fourth-order valence-electron chi connectivity index (χ4n) is 4.88. The van der Waals surface area contributed by atoms with E-state index in [0.717, 1.165) is 49.4 Å². The Kier molecular flexibility index (Phi) is 5.57. The number of hydrogen-bond acceptors (Lipinski definition) is 4. The molecule has 2 aliphatic rings. The summed E-state index contributed by atoms with van der Waals surface area (Å²) in [6.07, 6.45) is 7.02. The van der Waals surface area contributed by atoms with Crippen molar-refractivity contribution in [3.05, 3.63) is 74.3 Å². The van der Waals surface area contributed by atoms with Gasteiger partial charge in [-0.15, -0.1) is 11.3 Å². The predicted octanol–water partition coefficient (Wildman–Crippen LogP) is 5.41. The maximum absolute atomic E-state index is 12.8. The van der Waals surface area contributed by atoms with Gasteiger partial charge in [0.05, 0.1) is 11.3 Å². The Morgan fingerprint density at radius 1 is 1.13 bits per heavy atom. The second-order valence-corrected chi connectivity index (χ2v) is 9.92. The number of aryl methyl sites for hydroxylation is 1. The summed E-state index contributed by atoms with van der Waals surface area (Å²) in [6, 6.07) is 13.0. The van der Waals surface area contributed by atoms with E-state index >= 15 is 0 Å². The molecule has 0 saturated heterocycles. The largest absolute Gasteiger partial charge is 0.310 e. The van der Waals surface area contributed by atoms with Crippen LogP contribution < -0.4 is 5.56 Å². The van der Waals surface area contributed by atoms with Crippen molar-refractivity contribution in [2.45, 2.75) is 64.5 Å². The normalized spacial score (nSPS) is 17.8. The number of rotatable bonds is 4. The minimum Gasteiger partial charge on any atom is -0.310 e. The van der Waals surface area contributed by atoms with Crippen molar-refractivity contribution in [3.63, 3.8) is 0 Å². The molecule has 0 radical (unpaired) electrons. The van der Waals surface area contributed by atoms with Crippen LogP contribution in [0.25, 0.3) is 10.4 Å². The zero-order valence-electron chi connectivity index (χ0n) is 17.6. The van der Waals surface area contributed by atoms with Gasteiger partial charge in [-0.25, -0.2) is 4.98 Å². The molecule has 1 aliphatic heterocycles. The van der Waals surface area contributed by atoms with Gasteiger partial charge in [-0.3, -0.25) is 9.69 Å². The van der Waals surface area contributed by atoms with E-state index in [-0.39, 0.29) is 5.56 Å². The molecule has 30 heavy (non-hydrogen) atoms. The number of aromatic nitrogens is 2. The molecule has 3 heterocycles. The second-order valence-electron chi connectivity index (χ2n) is 8.75. The minimum absolute atomic E-state index is 0.0806. The van der Waals surface area contributed by atoms with Crippen molar-refractivity contribution in [1.29, 1.82) is 0 Å². The van der Waals surface area contributed by atoms with E-state index in [9.17, 15) is 4.79 Å². The molecule has 1 aliphatic carbocycles. The molecule has 156 valence electrons. The molecule has 5 heteroatoms. The number of hydrogen-bond donors (Lipinski definition) is 1. The number of benzene rings is 1. The van der Waals surface area contributed by atoms with Gasteiger partial charge >= 0.3 is 0 Å². The SMILES string of the molecule is Cc1ccccc1-c1ccc(CN2CCc3nc(C4CCCCC4)[nH]c(=O)c3C2)s1. The van der Waals surface area contributed by atoms with Gasteiger partial charge in [-0.05, 0) is 43.0 Å². The Bertz CT molecular complexity index is 1090. The fourth-order valence-corrected chi connectivity index (χ4v) is 6.02. The Morgan fingerprint density at radius 2 is 1.97 bits per heavy atom. The van der Waals surface area contributed by atoms with Crippen LogP contribution in [0.5, 0.6) is 0 Å². The molecule has 1 N–H and O–H groups in total. The van der Waals surface area contributed by atoms with Gasteiger partial charge in [-0.2, -0.15) is 0 Å². The third-order valence-corrected chi connectivity index (χ3v) is 7.71. The van der Waals surface area contributed by atoms with Crippen LogP contribution in [0.15, 0.2) is 41.2 Å². The van der Waals surface area contributed by atoms with Crippen LogP contribution >= 0.6 is 11.3 Å². The summed E-state index contributed by atoms with van der Waals surface area (Å²) in [6.45, 7) is 4.71. The molecule has 3 aromatic rings. The standard InChI is InChI=1S/C25H29N3OS/c1-17-7-5-6-10-20(17)23-12-11-19(30-23)15-28-14-13-22-21(16-28)25(29)27-24(26-22)18-8-3-2-4-9-18/h5-7,10-12,18H,2-4,8-9,13-16H2,1H3,(H,26,27,29). The second kappa shape index (κ2) is 8.48. The predicted molar refractivity (Wildman–Crippen MR) is 123 cm³/mol. The number of thiophene rings is 1. The smallest absolute Gasteiger partial charge is 0.255 e. The summed E-state index contributed by atoms with van der Waals surface area (Å²) >= 11 is 1.86. The zero-order chi connectivity index (χ0) is 20.5. The first kappa shape index (κ1) is 19.7. The molecule has 0 spiro atoms. The lowest BCUT2D eigenvalue weighted by Gasteiger charge is -2.28. The molecule has 0 amide bonds. The van der Waals surface area contributed by atoms with Gasteiger partial charge < -0.3 is 4.98 Å². The first-order chi connectivity index (χ1) is 14.7. The Labute approximate surface area is 182 Å². The van der Waals surface area contributed by atoms with Gasteiger partial charge in [0.2, 0.25) is 0 Å². The molecular formula is C25H29N3OS. The number of fused-ring (bicyclic) bond motifs is 1. The van der Waals surface area contributed by atoms with Gasteiger partial charge in [0, 0.05) is 41.7 Å². The number of aromatic amines is 1. The highest BCUT2D eigenvalue weighted by molar-refractivity contribution is 7.15. The lowest BCUT2D eigenvalue weighted by atomic mass is 9.88. The molecule has 0 atom stereocenters. The highest BCUT2D eigenvalue weighted by Gasteiger charge is 2.24. The third kappa shape index (κ3) is 4.01. The Balaban J connectivity index is 1.31. The molecule has 4 nitrogen and oxygen atoms in total. The molecule has 0 unspecified atom stereocenters. The number of nitrogens with zero attached hydrogens (tertiary/aromatic N) is 2. The van der Waals surface area contributed by atoms with Gasteiger partial charge in [0.1, 0.15) is 5.82 Å². The van der Waals surface area contributed by atoms with Crippen molar-refractivity contribution in [2.75, 3.05) is 6.54 Å². The monoisotopic (exact) mass is 419 g/mol. The summed E-state index contributed by atoms with van der Waals surface area (Å²) < 4.78 is 0. The molecule has 1 aromatic carbocycles. The summed E-state index contributed by atoms with van der Waals surface area (Å²) in [4.78, 5) is 25.9. The van der Waals surface area contributed by atoms with Crippen LogP contribution in [-0.2, 0) is 19.5 Å². The van der Waals surface area contributed by atoms with Crippen LogP contribution in [-0.4, -0.2) is 21.4 Å². The maximum atomic E-state index is 12.8. The van der Waals surface area contributed by atoms with Crippen molar-refractivity contribution >= 4 is 11.3 Å². The zero-order valence-corrected chi connectivity index (χ0v) is 18.4. The van der Waals surface area contributed by atoms with E-state index < -0.39 is 0 Å². The Morgan fingerprint density at radius 3 is 2.80 bits per heavy atom. The summed E-state index contributed by atoms with van der Waals surface area (Å²) in [5.74, 6) is 1.38. The van der Waals surface area contributed by atoms with Crippen LogP contribution in [0.2, 0.25) is 0 Å². The van der Waals surface area contributed by atoms with Crippen molar-refractivity contribution in [2.24, 2.45) is 0 Å². The average Bonchev–Trinajstić information content (AvgIpc) is 3.23. The molecule has 2 aromatic heterocycles. The number of nitrogens with one attached hydrogen (secondary N) is 1. The first-order valence-corrected chi connectivity index (χ1v) is 12.0. The molecule has 1 fully saturated rings. The van der Waals surface area contributed by atoms with Gasteiger partial charge in [0.25, 0.3) is 5.56 Å². The van der Waals surface area contributed by atoms with E-state index in [0.29, 0.717) is 12.5 Å². The fraction of sp³-hybridized carbons (Fsp3) is 0.440. The molecule has 5 rings (SSSR count). The van der Waals surface area contributed by atoms with E-state index in [1.165, 1.54) is 40.1 Å². The van der Waals surface area contributed by atoms with Crippen molar-refractivity contribution in [1.82, 2.24) is 14.9 Å². The van der Waals surface area contributed by atoms with E-state index in [1.807, 2.05) is 11.3 Å². The highest BCUT2D eigenvalue weighted by Crippen LogP contribution is 2.33. The van der Waals surface area contributed by atoms with Gasteiger partial charge in [-0.1, -0.05) is 43.5 Å². The average molecular weight is 420 g/mol. The van der Waals surface area contributed by atoms with Crippen molar-refractivity contribution in [3.8, 4) is 10.4 Å². The highest BCUT2D eigenvalue weighted by atomic mass is 32.1. The van der Waals surface area contributed by atoms with Crippen LogP contribution in [0.3, 0.4) is 0 Å². The van der Waals surface area contributed by atoms with Crippen LogP contribution in [0.1, 0.15) is 65.5 Å².